The number of rotatable bonds is 22. The zero-order valence-electron chi connectivity index (χ0n) is 23.9. The Hall–Kier alpha value is -3.26. The van der Waals surface area contributed by atoms with Crippen molar-refractivity contribution in [3.05, 3.63) is 29.8 Å². The fourth-order valence-corrected chi connectivity index (χ4v) is 6.03. The van der Waals surface area contributed by atoms with E-state index in [1.807, 2.05) is 0 Å². The number of guanidine groups is 1. The molecule has 10 N–H and O–H groups in total. The number of nitrogens with one attached hydrogen (secondary N) is 1. The van der Waals surface area contributed by atoms with Gasteiger partial charge in [0.2, 0.25) is 5.91 Å². The Kier molecular flexibility index (Phi) is 17.4. The van der Waals surface area contributed by atoms with Crippen LogP contribution in [0, 0.1) is 5.92 Å². The Morgan fingerprint density at radius 1 is 1.00 bits per heavy atom. The molecule has 0 aromatic heterocycles. The molecule has 4 atom stereocenters. The molecule has 0 aliphatic heterocycles. The molecular formula is C27H40AsN5O9S. The van der Waals surface area contributed by atoms with Gasteiger partial charge in [-0.1, -0.05) is 0 Å². The predicted molar refractivity (Wildman–Crippen MR) is 163 cm³/mol. The van der Waals surface area contributed by atoms with Crippen LogP contribution in [0.5, 0.6) is 0 Å². The number of ketones is 3. The van der Waals surface area contributed by atoms with Crippen LogP contribution in [-0.4, -0.2) is 101 Å². The number of Topliss-reactive ketones (excluding diaryl/α,β-unsaturated/α-hetero) is 3. The second-order valence-corrected chi connectivity index (χ2v) is 14.2. The zero-order chi connectivity index (χ0) is 32.5. The van der Waals surface area contributed by atoms with Gasteiger partial charge in [-0.15, -0.1) is 0 Å². The van der Waals surface area contributed by atoms with Crippen LogP contribution in [0.4, 0.5) is 0 Å². The van der Waals surface area contributed by atoms with Gasteiger partial charge in [-0.3, -0.25) is 24.2 Å². The number of nitrogens with zero attached hydrogens (tertiary/aromatic N) is 1. The summed E-state index contributed by atoms with van der Waals surface area (Å²) in [6.07, 6.45) is -1.04. The van der Waals surface area contributed by atoms with E-state index in [2.05, 4.69) is 10.3 Å². The molecule has 0 bridgehead atoms. The molecule has 0 fully saturated rings. The van der Waals surface area contributed by atoms with E-state index in [-0.39, 0.29) is 55.5 Å². The summed E-state index contributed by atoms with van der Waals surface area (Å²) < 4.78 is 10.6. The standard InChI is InChI=1S/C27H40AsN5O9S/c1-28(42)18-6-4-16(5-7-18)11-19(34)15-43-14-17(26(40)41)12-23(36)21(13-25(38)39)33-24(37)9-8-22(35)20(29)3-2-10-32-27(30)31/h4-7,17,20-21,42H,2-3,8-15,29H2,1H3,(H,33,37)(H,38,39)(H,40,41)(H4,30,31,32). The van der Waals surface area contributed by atoms with Crippen molar-refractivity contribution in [3.8, 4) is 0 Å². The third-order valence-corrected chi connectivity index (χ3v) is 9.53. The number of thioether (sulfide) groups is 1. The molecule has 0 radical (unpaired) electrons. The van der Waals surface area contributed by atoms with Crippen molar-refractivity contribution in [2.24, 2.45) is 28.1 Å². The summed E-state index contributed by atoms with van der Waals surface area (Å²) in [6, 6.07) is 4.73. The Balaban J connectivity index is 2.61. The van der Waals surface area contributed by atoms with Crippen LogP contribution in [-0.2, 0) is 35.2 Å². The third-order valence-electron chi connectivity index (χ3n) is 6.17. The van der Waals surface area contributed by atoms with Gasteiger partial charge in [0, 0.05) is 19.4 Å². The SMILES string of the molecule is C[As](O)c1ccc(CC(=O)CSCC(CC(=O)C(CC(=O)O)NC(=O)CCC(=O)C(N)CCCN=C(N)N)C(=O)O)cc1. The third kappa shape index (κ3) is 16.2. The topological polar surface area (TPSA) is 266 Å². The summed E-state index contributed by atoms with van der Waals surface area (Å²) in [4.78, 5) is 76.7. The summed E-state index contributed by atoms with van der Waals surface area (Å²) in [5, 5.41) is 21.1. The first-order valence-corrected chi connectivity index (χ1v) is 18.2. The van der Waals surface area contributed by atoms with Crippen LogP contribution >= 0.6 is 11.8 Å². The first-order chi connectivity index (χ1) is 20.2. The van der Waals surface area contributed by atoms with Crippen molar-refractivity contribution in [1.82, 2.24) is 5.32 Å². The van der Waals surface area contributed by atoms with Crippen LogP contribution in [0.2, 0.25) is 5.71 Å². The minimum absolute atomic E-state index is 0.00502. The molecule has 1 aromatic rings. The minimum atomic E-state index is -2.00. The molecule has 238 valence electrons. The average Bonchev–Trinajstić information content (AvgIpc) is 2.92. The Morgan fingerprint density at radius 3 is 2.21 bits per heavy atom. The van der Waals surface area contributed by atoms with Crippen LogP contribution in [0.1, 0.15) is 44.1 Å². The van der Waals surface area contributed by atoms with Gasteiger partial charge in [0.05, 0.1) is 18.5 Å². The first-order valence-electron chi connectivity index (χ1n) is 13.4. The van der Waals surface area contributed by atoms with Crippen molar-refractivity contribution >= 4 is 72.3 Å². The Labute approximate surface area is 258 Å². The molecule has 0 saturated carbocycles. The predicted octanol–water partition coefficient (Wildman–Crippen LogP) is -1.30. The number of hydrogen-bond donors (Lipinski definition) is 7. The summed E-state index contributed by atoms with van der Waals surface area (Å²) in [5.74, 6) is -6.16. The van der Waals surface area contributed by atoms with E-state index in [9.17, 15) is 43.1 Å². The van der Waals surface area contributed by atoms with Crippen LogP contribution in [0.3, 0.4) is 0 Å². The monoisotopic (exact) mass is 685 g/mol. The maximum atomic E-state index is 12.8. The van der Waals surface area contributed by atoms with Crippen LogP contribution in [0.15, 0.2) is 29.3 Å². The van der Waals surface area contributed by atoms with Gasteiger partial charge in [-0.05, 0) is 12.8 Å². The van der Waals surface area contributed by atoms with Crippen molar-refractivity contribution in [1.29, 1.82) is 0 Å². The second kappa shape index (κ2) is 19.8. The number of amides is 1. The molecule has 1 aromatic carbocycles. The van der Waals surface area contributed by atoms with Gasteiger partial charge < -0.3 is 27.6 Å². The number of carbonyl (C=O) groups is 6. The van der Waals surface area contributed by atoms with E-state index in [4.69, 9.17) is 17.2 Å². The van der Waals surface area contributed by atoms with Crippen molar-refractivity contribution in [3.63, 3.8) is 0 Å². The van der Waals surface area contributed by atoms with Crippen LogP contribution in [0.25, 0.3) is 0 Å². The maximum absolute atomic E-state index is 12.8. The molecule has 0 heterocycles. The fourth-order valence-electron chi connectivity index (χ4n) is 3.81. The molecule has 16 heteroatoms. The van der Waals surface area contributed by atoms with Gasteiger partial charge in [0.15, 0.2) is 5.96 Å². The van der Waals surface area contributed by atoms with Gasteiger partial charge in [-0.2, -0.15) is 0 Å². The molecule has 1 amide bonds. The Morgan fingerprint density at radius 2 is 1.65 bits per heavy atom. The number of hydrogen-bond acceptors (Lipinski definition) is 10. The molecule has 0 spiro atoms. The van der Waals surface area contributed by atoms with E-state index >= 15 is 0 Å². The van der Waals surface area contributed by atoms with Gasteiger partial charge in [-0.25, -0.2) is 0 Å². The molecule has 14 nitrogen and oxygen atoms in total. The number of aliphatic imine (C=N–C) groups is 1. The molecule has 0 saturated heterocycles. The van der Waals surface area contributed by atoms with Crippen molar-refractivity contribution < 1.29 is 43.1 Å². The van der Waals surface area contributed by atoms with E-state index in [0.717, 1.165) is 21.7 Å². The molecular weight excluding hydrogens is 645 g/mol. The van der Waals surface area contributed by atoms with Gasteiger partial charge >= 0.3 is 139 Å². The number of benzene rings is 1. The van der Waals surface area contributed by atoms with E-state index in [1.165, 1.54) is 0 Å². The second-order valence-electron chi connectivity index (χ2n) is 9.87. The zero-order valence-corrected chi connectivity index (χ0v) is 26.6. The molecule has 4 unspecified atom stereocenters. The van der Waals surface area contributed by atoms with E-state index in [0.29, 0.717) is 6.42 Å². The normalized spacial score (nSPS) is 13.7. The molecule has 43 heavy (non-hydrogen) atoms. The van der Waals surface area contributed by atoms with E-state index in [1.54, 1.807) is 30.0 Å². The number of carboxylic acids is 2. The summed E-state index contributed by atoms with van der Waals surface area (Å²) >= 11 is -0.960. The molecule has 0 aliphatic carbocycles. The number of carboxylic acid groups (broad SMARTS) is 2. The van der Waals surface area contributed by atoms with Crippen LogP contribution < -0.4 is 26.9 Å². The summed E-state index contributed by atoms with van der Waals surface area (Å²) in [5.41, 5.74) is 18.8. The molecule has 0 aliphatic rings. The number of aliphatic carboxylic acids is 2. The molecule has 1 rings (SSSR count). The summed E-state index contributed by atoms with van der Waals surface area (Å²) in [7, 11) is 0. The van der Waals surface area contributed by atoms with E-state index < -0.39 is 75.2 Å². The Bertz CT molecular complexity index is 1160. The fraction of sp³-hybridized carbons (Fsp3) is 0.519. The summed E-state index contributed by atoms with van der Waals surface area (Å²) in [6.45, 7) is 0.288. The first kappa shape index (κ1) is 37.8. The number of nitrogens with two attached hydrogens (primary N) is 3. The van der Waals surface area contributed by atoms with Crippen molar-refractivity contribution in [2.75, 3.05) is 18.1 Å². The van der Waals surface area contributed by atoms with Gasteiger partial charge in [0.25, 0.3) is 0 Å². The van der Waals surface area contributed by atoms with Crippen molar-refractivity contribution in [2.45, 2.75) is 62.7 Å². The average molecular weight is 686 g/mol. The number of carbonyl (C=O) groups excluding carboxylic acids is 4. The quantitative estimate of drug-likeness (QED) is 0.0324. The van der Waals surface area contributed by atoms with Gasteiger partial charge in [0.1, 0.15) is 5.78 Å².